The van der Waals surface area contributed by atoms with Crippen LogP contribution in [-0.2, 0) is 29.5 Å². The number of aromatic hydroxyl groups is 2. The first-order valence-electron chi connectivity index (χ1n) is 13.0. The van der Waals surface area contributed by atoms with Crippen LogP contribution in [-0.4, -0.2) is 86.7 Å². The molecular weight excluding hydrogens is 580 g/mol. The van der Waals surface area contributed by atoms with Gasteiger partial charge in [0.1, 0.15) is 37.7 Å². The number of cyclic esters (lactones) is 1. The fraction of sp³-hybridized carbons (Fsp3) is 0.233. The van der Waals surface area contributed by atoms with E-state index in [-0.39, 0.29) is 39.2 Å². The van der Waals surface area contributed by atoms with E-state index >= 15 is 0 Å². The molecule has 3 aromatic carbocycles. The maximum absolute atomic E-state index is 13.3. The monoisotopic (exact) mass is 608 g/mol. The largest absolute Gasteiger partial charge is 0.505 e. The second kappa shape index (κ2) is 11.8. The fourth-order valence-corrected chi connectivity index (χ4v) is 5.33. The SMILES string of the molecule is Cc1cc(C2(c3cc(C)c(O)c(N(CC(=O)O)CC(=O)O)c3)OC(=O)c3ccccc32)cc(N(CC(=O)O)CC(=O)O)c1O. The van der Waals surface area contributed by atoms with Gasteiger partial charge in [0.15, 0.2) is 5.60 Å². The van der Waals surface area contributed by atoms with Crippen molar-refractivity contribution in [3.63, 3.8) is 0 Å². The van der Waals surface area contributed by atoms with Gasteiger partial charge in [0, 0.05) is 16.7 Å². The van der Waals surface area contributed by atoms with E-state index in [0.717, 1.165) is 9.80 Å². The molecule has 44 heavy (non-hydrogen) atoms. The third-order valence-corrected chi connectivity index (χ3v) is 7.13. The molecule has 6 N–H and O–H groups in total. The van der Waals surface area contributed by atoms with Crippen molar-refractivity contribution >= 4 is 41.2 Å². The van der Waals surface area contributed by atoms with Crippen LogP contribution in [0.3, 0.4) is 0 Å². The van der Waals surface area contributed by atoms with E-state index in [0.29, 0.717) is 5.56 Å². The molecule has 0 saturated carbocycles. The minimum absolute atomic E-state index is 0.146. The molecule has 0 spiro atoms. The number of fused-ring (bicyclic) bond motifs is 1. The normalized spacial score (nSPS) is 13.1. The average molecular weight is 609 g/mol. The highest BCUT2D eigenvalue weighted by molar-refractivity contribution is 5.97. The minimum Gasteiger partial charge on any atom is -0.505 e. The summed E-state index contributed by atoms with van der Waals surface area (Å²) in [6.07, 6.45) is 0. The number of aliphatic carboxylic acids is 4. The van der Waals surface area contributed by atoms with E-state index in [9.17, 15) is 54.6 Å². The Morgan fingerprint density at radius 1 is 0.682 bits per heavy atom. The topological polar surface area (TPSA) is 222 Å². The smallest absolute Gasteiger partial charge is 0.340 e. The Balaban J connectivity index is 2.08. The van der Waals surface area contributed by atoms with Crippen molar-refractivity contribution in [2.45, 2.75) is 19.4 Å². The third-order valence-electron chi connectivity index (χ3n) is 7.13. The van der Waals surface area contributed by atoms with E-state index in [2.05, 4.69) is 0 Å². The lowest BCUT2D eigenvalue weighted by molar-refractivity contribution is -0.138. The van der Waals surface area contributed by atoms with Crippen LogP contribution in [0.1, 0.15) is 38.2 Å². The summed E-state index contributed by atoms with van der Waals surface area (Å²) in [5.41, 5.74) is -1.13. The Morgan fingerprint density at radius 2 is 1.07 bits per heavy atom. The van der Waals surface area contributed by atoms with Crippen LogP contribution >= 0.6 is 0 Å². The number of anilines is 2. The standard InChI is InChI=1S/C30H28N2O12/c1-15-7-17(9-21(27(15)41)31(11-23(33)34)12-24(35)36)30(20-6-4-3-5-19(20)29(43)44-30)18-8-16(2)28(42)22(10-18)32(13-25(37)38)14-26(39)40/h3-10,41-42H,11-14H2,1-2H3,(H,33,34)(H,35,36)(H,37,38)(H,39,40). The van der Waals surface area contributed by atoms with Crippen molar-refractivity contribution < 1.29 is 59.3 Å². The Bertz CT molecular complexity index is 1580. The number of esters is 1. The molecule has 0 amide bonds. The van der Waals surface area contributed by atoms with Crippen LogP contribution in [0.25, 0.3) is 0 Å². The van der Waals surface area contributed by atoms with Gasteiger partial charge in [-0.05, 0) is 55.3 Å². The number of carboxylic acid groups (broad SMARTS) is 4. The summed E-state index contributed by atoms with van der Waals surface area (Å²) in [7, 11) is 0. The number of carboxylic acids is 4. The van der Waals surface area contributed by atoms with Gasteiger partial charge in [0.25, 0.3) is 0 Å². The second-order valence-electron chi connectivity index (χ2n) is 10.2. The van der Waals surface area contributed by atoms with Gasteiger partial charge in [-0.15, -0.1) is 0 Å². The zero-order valence-corrected chi connectivity index (χ0v) is 23.5. The Kier molecular flexibility index (Phi) is 8.38. The number of carbonyl (C=O) groups is 5. The molecule has 1 aliphatic heterocycles. The number of ether oxygens (including phenoxy) is 1. The van der Waals surface area contributed by atoms with E-state index in [1.807, 2.05) is 0 Å². The molecule has 0 atom stereocenters. The van der Waals surface area contributed by atoms with E-state index in [1.54, 1.807) is 18.2 Å². The molecule has 14 heteroatoms. The van der Waals surface area contributed by atoms with E-state index in [4.69, 9.17) is 4.74 Å². The number of phenolic OH excluding ortho intramolecular Hbond substituents is 2. The van der Waals surface area contributed by atoms with E-state index < -0.39 is 73.1 Å². The minimum atomic E-state index is -1.86. The van der Waals surface area contributed by atoms with Gasteiger partial charge in [-0.2, -0.15) is 0 Å². The van der Waals surface area contributed by atoms with Crippen molar-refractivity contribution in [1.29, 1.82) is 0 Å². The lowest BCUT2D eigenvalue weighted by atomic mass is 9.78. The van der Waals surface area contributed by atoms with Gasteiger partial charge in [-0.1, -0.05) is 18.2 Å². The molecule has 14 nitrogen and oxygen atoms in total. The molecule has 230 valence electrons. The van der Waals surface area contributed by atoms with Gasteiger partial charge in [-0.25, -0.2) is 4.79 Å². The number of hydrogen-bond donors (Lipinski definition) is 6. The van der Waals surface area contributed by atoms with Crippen molar-refractivity contribution in [2.24, 2.45) is 0 Å². The Hall–Kier alpha value is -5.79. The number of hydrogen-bond acceptors (Lipinski definition) is 10. The van der Waals surface area contributed by atoms with Crippen molar-refractivity contribution in [3.8, 4) is 11.5 Å². The Morgan fingerprint density at radius 3 is 1.45 bits per heavy atom. The van der Waals surface area contributed by atoms with Crippen molar-refractivity contribution in [2.75, 3.05) is 36.0 Å². The van der Waals surface area contributed by atoms with Crippen molar-refractivity contribution in [1.82, 2.24) is 0 Å². The summed E-state index contributed by atoms with van der Waals surface area (Å²) in [5.74, 6) is -7.11. The molecule has 0 unspecified atom stereocenters. The molecule has 0 fully saturated rings. The molecule has 0 bridgehead atoms. The third kappa shape index (κ3) is 5.77. The van der Waals surface area contributed by atoms with Crippen LogP contribution in [0.15, 0.2) is 48.5 Å². The number of aryl methyl sites for hydroxylation is 2. The summed E-state index contributed by atoms with van der Waals surface area (Å²) in [5, 5.41) is 59.7. The van der Waals surface area contributed by atoms with Crippen LogP contribution in [0.4, 0.5) is 11.4 Å². The Labute approximate surface area is 249 Å². The number of nitrogens with zero attached hydrogens (tertiary/aromatic N) is 2. The molecule has 0 saturated heterocycles. The van der Waals surface area contributed by atoms with Gasteiger partial charge in [0.05, 0.1) is 16.9 Å². The maximum Gasteiger partial charge on any atom is 0.340 e. The van der Waals surface area contributed by atoms with Crippen LogP contribution in [0.5, 0.6) is 11.5 Å². The lowest BCUT2D eigenvalue weighted by Gasteiger charge is -2.34. The number of rotatable bonds is 12. The van der Waals surface area contributed by atoms with Crippen LogP contribution in [0.2, 0.25) is 0 Å². The second-order valence-corrected chi connectivity index (χ2v) is 10.2. The highest BCUT2D eigenvalue weighted by atomic mass is 16.6. The van der Waals surface area contributed by atoms with Crippen LogP contribution in [0, 0.1) is 13.8 Å². The molecule has 0 aromatic heterocycles. The van der Waals surface area contributed by atoms with E-state index in [1.165, 1.54) is 44.2 Å². The maximum atomic E-state index is 13.3. The molecule has 1 aliphatic rings. The zero-order chi connectivity index (χ0) is 32.5. The zero-order valence-electron chi connectivity index (χ0n) is 23.5. The number of benzene rings is 3. The molecule has 3 aromatic rings. The van der Waals surface area contributed by atoms with Crippen molar-refractivity contribution in [3.05, 3.63) is 81.9 Å². The highest BCUT2D eigenvalue weighted by Crippen LogP contribution is 2.51. The van der Waals surface area contributed by atoms with Crippen LogP contribution < -0.4 is 9.80 Å². The van der Waals surface area contributed by atoms with Gasteiger partial charge < -0.3 is 45.2 Å². The highest BCUT2D eigenvalue weighted by Gasteiger charge is 2.49. The molecule has 0 radical (unpaired) electrons. The first kappa shape index (κ1) is 31.2. The molecular formula is C30H28N2O12. The van der Waals surface area contributed by atoms with Gasteiger partial charge >= 0.3 is 29.8 Å². The van der Waals surface area contributed by atoms with Gasteiger partial charge in [0.2, 0.25) is 0 Å². The first-order valence-corrected chi connectivity index (χ1v) is 13.0. The number of carbonyl (C=O) groups excluding carboxylic acids is 1. The summed E-state index contributed by atoms with van der Waals surface area (Å²) in [6, 6.07) is 11.8. The summed E-state index contributed by atoms with van der Waals surface area (Å²) < 4.78 is 6.07. The summed E-state index contributed by atoms with van der Waals surface area (Å²) >= 11 is 0. The fourth-order valence-electron chi connectivity index (χ4n) is 5.33. The molecule has 0 aliphatic carbocycles. The number of phenols is 2. The molecule has 1 heterocycles. The lowest BCUT2D eigenvalue weighted by Crippen LogP contribution is -2.36. The summed E-state index contributed by atoms with van der Waals surface area (Å²) in [6.45, 7) is -0.232. The first-order chi connectivity index (χ1) is 20.6. The predicted octanol–water partition coefficient (Wildman–Crippen LogP) is 2.13. The summed E-state index contributed by atoms with van der Waals surface area (Å²) in [4.78, 5) is 61.6. The predicted molar refractivity (Wildman–Crippen MR) is 152 cm³/mol. The quantitative estimate of drug-likeness (QED) is 0.162. The average Bonchev–Trinajstić information content (AvgIpc) is 3.23. The van der Waals surface area contributed by atoms with Gasteiger partial charge in [-0.3, -0.25) is 19.2 Å². The molecule has 4 rings (SSSR count).